The van der Waals surface area contributed by atoms with E-state index in [1.54, 1.807) is 30.2 Å². The Labute approximate surface area is 107 Å². The van der Waals surface area contributed by atoms with E-state index >= 15 is 0 Å². The molecule has 0 aromatic carbocycles. The lowest BCUT2D eigenvalue weighted by atomic mass is 10.2. The molecule has 0 saturated heterocycles. The van der Waals surface area contributed by atoms with Gasteiger partial charge in [-0.25, -0.2) is 0 Å². The zero-order valence-electron chi connectivity index (χ0n) is 10.6. The summed E-state index contributed by atoms with van der Waals surface area (Å²) in [5, 5.41) is 11.2. The lowest BCUT2D eigenvalue weighted by Gasteiger charge is -2.17. The summed E-state index contributed by atoms with van der Waals surface area (Å²) < 4.78 is 0. The van der Waals surface area contributed by atoms with E-state index in [4.69, 9.17) is 5.11 Å². The van der Waals surface area contributed by atoms with Gasteiger partial charge in [0.2, 0.25) is 5.91 Å². The summed E-state index contributed by atoms with van der Waals surface area (Å²) in [4.78, 5) is 14.8. The predicted molar refractivity (Wildman–Crippen MR) is 71.2 cm³/mol. The van der Waals surface area contributed by atoms with Crippen LogP contribution in [0.2, 0.25) is 0 Å². The second kappa shape index (κ2) is 7.45. The van der Waals surface area contributed by atoms with E-state index in [1.807, 2.05) is 6.07 Å². The van der Waals surface area contributed by atoms with Crippen LogP contribution < -0.4 is 0 Å². The highest BCUT2D eigenvalue weighted by Crippen LogP contribution is 2.12. The molecular weight excluding hydrogens is 234 g/mol. The molecule has 1 rings (SSSR count). The van der Waals surface area contributed by atoms with Crippen LogP contribution in [0.4, 0.5) is 0 Å². The maximum absolute atomic E-state index is 11.7. The molecule has 1 aromatic rings. The van der Waals surface area contributed by atoms with Gasteiger partial charge in [-0.2, -0.15) is 0 Å². The molecule has 0 fully saturated rings. The summed E-state index contributed by atoms with van der Waals surface area (Å²) in [5.41, 5.74) is 0. The zero-order chi connectivity index (χ0) is 12.7. The van der Waals surface area contributed by atoms with Gasteiger partial charge in [-0.05, 0) is 37.6 Å². The van der Waals surface area contributed by atoms with Crippen molar-refractivity contribution in [2.45, 2.75) is 38.7 Å². The third-order valence-electron chi connectivity index (χ3n) is 2.70. The average Bonchev–Trinajstić information content (AvgIpc) is 2.78. The molecule has 1 unspecified atom stereocenters. The van der Waals surface area contributed by atoms with Gasteiger partial charge in [0.25, 0.3) is 0 Å². The zero-order valence-corrected chi connectivity index (χ0v) is 11.4. The molecule has 1 N–H and O–H groups in total. The largest absolute Gasteiger partial charge is 0.393 e. The van der Waals surface area contributed by atoms with Crippen LogP contribution in [0.3, 0.4) is 0 Å². The topological polar surface area (TPSA) is 40.5 Å². The third kappa shape index (κ3) is 5.84. The van der Waals surface area contributed by atoms with Crippen molar-refractivity contribution in [3.05, 3.63) is 22.4 Å². The number of carbonyl (C=O) groups is 1. The minimum atomic E-state index is -0.337. The van der Waals surface area contributed by atoms with Crippen LogP contribution in [0.25, 0.3) is 0 Å². The fourth-order valence-electron chi connectivity index (χ4n) is 1.56. The molecule has 96 valence electrons. The van der Waals surface area contributed by atoms with Crippen molar-refractivity contribution in [1.29, 1.82) is 0 Å². The molecule has 0 aliphatic heterocycles. The smallest absolute Gasteiger partial charge is 0.222 e. The Morgan fingerprint density at radius 2 is 2.35 bits per heavy atom. The molecule has 0 saturated carbocycles. The van der Waals surface area contributed by atoms with Crippen LogP contribution in [-0.4, -0.2) is 35.6 Å². The molecule has 0 aliphatic rings. The number of nitrogens with zero attached hydrogens (tertiary/aromatic N) is 1. The number of thiophene rings is 1. The summed E-state index contributed by atoms with van der Waals surface area (Å²) in [5.74, 6) is 0.169. The van der Waals surface area contributed by atoms with Gasteiger partial charge in [-0.1, -0.05) is 6.07 Å². The number of aliphatic hydroxyl groups excluding tert-OH is 1. The number of aryl methyl sites for hydroxylation is 1. The van der Waals surface area contributed by atoms with Crippen molar-refractivity contribution >= 4 is 17.2 Å². The molecule has 0 bridgehead atoms. The summed E-state index contributed by atoms with van der Waals surface area (Å²) >= 11 is 1.74. The van der Waals surface area contributed by atoms with Crippen LogP contribution in [0, 0.1) is 0 Å². The fraction of sp³-hybridized carbons (Fsp3) is 0.615. The molecule has 1 atom stereocenters. The van der Waals surface area contributed by atoms with Crippen LogP contribution in [0.1, 0.15) is 31.1 Å². The highest BCUT2D eigenvalue weighted by molar-refractivity contribution is 7.09. The van der Waals surface area contributed by atoms with Gasteiger partial charge >= 0.3 is 0 Å². The van der Waals surface area contributed by atoms with E-state index in [1.165, 1.54) is 4.88 Å². The number of hydrogen-bond acceptors (Lipinski definition) is 3. The van der Waals surface area contributed by atoms with Gasteiger partial charge in [-0.3, -0.25) is 4.79 Å². The summed E-state index contributed by atoms with van der Waals surface area (Å²) in [6.45, 7) is 2.38. The molecule has 1 aromatic heterocycles. The van der Waals surface area contributed by atoms with E-state index in [0.717, 1.165) is 12.8 Å². The number of amides is 1. The first-order valence-electron chi connectivity index (χ1n) is 6.04. The van der Waals surface area contributed by atoms with E-state index in [2.05, 4.69) is 11.4 Å². The van der Waals surface area contributed by atoms with Crippen LogP contribution in [0.5, 0.6) is 0 Å². The van der Waals surface area contributed by atoms with Crippen LogP contribution in [0.15, 0.2) is 17.5 Å². The molecule has 0 aliphatic carbocycles. The number of carbonyl (C=O) groups excluding carboxylic acids is 1. The quantitative estimate of drug-likeness (QED) is 0.812. The van der Waals surface area contributed by atoms with Gasteiger partial charge in [0.15, 0.2) is 0 Å². The predicted octanol–water partition coefficient (Wildman–Crippen LogP) is 2.30. The molecular formula is C13H21NO2S. The van der Waals surface area contributed by atoms with Gasteiger partial charge in [0, 0.05) is 24.9 Å². The molecule has 0 spiro atoms. The van der Waals surface area contributed by atoms with Gasteiger partial charge in [-0.15, -0.1) is 11.3 Å². The number of aliphatic hydroxyl groups is 1. The standard InChI is InChI=1S/C13H21NO2S/c1-11(15)8-9-14(2)13(16)7-3-5-12-6-4-10-17-12/h4,6,10-11,15H,3,5,7-9H2,1-2H3. The maximum Gasteiger partial charge on any atom is 0.222 e. The van der Waals surface area contributed by atoms with Gasteiger partial charge in [0.1, 0.15) is 0 Å². The fourth-order valence-corrected chi connectivity index (χ4v) is 2.32. The monoisotopic (exact) mass is 255 g/mol. The minimum absolute atomic E-state index is 0.169. The van der Waals surface area contributed by atoms with Crippen molar-refractivity contribution in [2.75, 3.05) is 13.6 Å². The van der Waals surface area contributed by atoms with Crippen molar-refractivity contribution in [2.24, 2.45) is 0 Å². The first-order chi connectivity index (χ1) is 8.09. The average molecular weight is 255 g/mol. The molecule has 1 amide bonds. The highest BCUT2D eigenvalue weighted by Gasteiger charge is 2.09. The lowest BCUT2D eigenvalue weighted by Crippen LogP contribution is -2.29. The maximum atomic E-state index is 11.7. The Balaban J connectivity index is 2.15. The Bertz CT molecular complexity index is 322. The molecule has 0 radical (unpaired) electrons. The summed E-state index contributed by atoms with van der Waals surface area (Å²) in [6, 6.07) is 4.14. The van der Waals surface area contributed by atoms with Gasteiger partial charge in [0.05, 0.1) is 6.10 Å². The Hall–Kier alpha value is -0.870. The Morgan fingerprint density at radius 1 is 1.59 bits per heavy atom. The normalized spacial score (nSPS) is 12.4. The van der Waals surface area contributed by atoms with E-state index in [9.17, 15) is 4.79 Å². The van der Waals surface area contributed by atoms with Crippen molar-refractivity contribution in [3.8, 4) is 0 Å². The van der Waals surface area contributed by atoms with E-state index < -0.39 is 0 Å². The summed E-state index contributed by atoms with van der Waals surface area (Å²) in [7, 11) is 1.80. The van der Waals surface area contributed by atoms with Crippen molar-refractivity contribution in [1.82, 2.24) is 4.90 Å². The Morgan fingerprint density at radius 3 is 2.94 bits per heavy atom. The van der Waals surface area contributed by atoms with E-state index in [-0.39, 0.29) is 12.0 Å². The van der Waals surface area contributed by atoms with Crippen molar-refractivity contribution in [3.63, 3.8) is 0 Å². The molecule has 4 heteroatoms. The lowest BCUT2D eigenvalue weighted by molar-refractivity contribution is -0.130. The minimum Gasteiger partial charge on any atom is -0.393 e. The molecule has 3 nitrogen and oxygen atoms in total. The third-order valence-corrected chi connectivity index (χ3v) is 3.64. The number of hydrogen-bond donors (Lipinski definition) is 1. The van der Waals surface area contributed by atoms with Crippen LogP contribution >= 0.6 is 11.3 Å². The van der Waals surface area contributed by atoms with Crippen molar-refractivity contribution < 1.29 is 9.90 Å². The highest BCUT2D eigenvalue weighted by atomic mass is 32.1. The first-order valence-corrected chi connectivity index (χ1v) is 6.92. The number of rotatable bonds is 7. The SMILES string of the molecule is CC(O)CCN(C)C(=O)CCCc1cccs1. The first kappa shape index (κ1) is 14.2. The van der Waals surface area contributed by atoms with E-state index in [0.29, 0.717) is 19.4 Å². The summed E-state index contributed by atoms with van der Waals surface area (Å²) in [6.07, 6.45) is 2.78. The second-order valence-electron chi connectivity index (χ2n) is 4.39. The second-order valence-corrected chi connectivity index (χ2v) is 5.42. The molecule has 1 heterocycles. The van der Waals surface area contributed by atoms with Crippen LogP contribution in [-0.2, 0) is 11.2 Å². The van der Waals surface area contributed by atoms with Gasteiger partial charge < -0.3 is 10.0 Å². The molecule has 17 heavy (non-hydrogen) atoms. The Kier molecular flexibility index (Phi) is 6.22.